The highest BCUT2D eigenvalue weighted by molar-refractivity contribution is 5.92. The molecule has 20 heavy (non-hydrogen) atoms. The smallest absolute Gasteiger partial charge is 0.272 e. The first kappa shape index (κ1) is 12.5. The first-order chi connectivity index (χ1) is 9.84. The average Bonchev–Trinajstić information content (AvgIpc) is 2.56. The molecular formula is C14H15N5O. The van der Waals surface area contributed by atoms with Crippen molar-refractivity contribution in [2.45, 2.75) is 0 Å². The summed E-state index contributed by atoms with van der Waals surface area (Å²) in [6.07, 6.45) is 6.73. The summed E-state index contributed by atoms with van der Waals surface area (Å²) in [4.78, 5) is 28.7. The molecule has 0 atom stereocenters. The number of pyridine rings is 1. The van der Waals surface area contributed by atoms with Crippen LogP contribution in [-0.4, -0.2) is 51.9 Å². The van der Waals surface area contributed by atoms with E-state index in [0.29, 0.717) is 18.8 Å². The van der Waals surface area contributed by atoms with Gasteiger partial charge in [0.25, 0.3) is 5.91 Å². The average molecular weight is 269 g/mol. The van der Waals surface area contributed by atoms with Gasteiger partial charge in [0.1, 0.15) is 11.5 Å². The van der Waals surface area contributed by atoms with E-state index in [1.54, 1.807) is 30.9 Å². The number of amides is 1. The van der Waals surface area contributed by atoms with Gasteiger partial charge in [-0.2, -0.15) is 0 Å². The Kier molecular flexibility index (Phi) is 3.54. The third-order valence-electron chi connectivity index (χ3n) is 3.32. The molecule has 6 nitrogen and oxygen atoms in total. The van der Waals surface area contributed by atoms with Crippen LogP contribution in [0.2, 0.25) is 0 Å². The normalized spacial score (nSPS) is 15.2. The van der Waals surface area contributed by atoms with Crippen molar-refractivity contribution >= 4 is 11.7 Å². The third-order valence-corrected chi connectivity index (χ3v) is 3.32. The zero-order valence-electron chi connectivity index (χ0n) is 11.0. The molecule has 1 fully saturated rings. The van der Waals surface area contributed by atoms with E-state index in [0.717, 1.165) is 18.9 Å². The number of rotatable bonds is 2. The van der Waals surface area contributed by atoms with Crippen LogP contribution in [0.15, 0.2) is 43.0 Å². The van der Waals surface area contributed by atoms with Gasteiger partial charge in [0, 0.05) is 44.8 Å². The minimum Gasteiger partial charge on any atom is -0.352 e. The SMILES string of the molecule is O=C(c1ccccn1)N1CCN(c2cnccn2)CC1. The van der Waals surface area contributed by atoms with Gasteiger partial charge in [-0.15, -0.1) is 0 Å². The standard InChI is InChI=1S/C14H15N5O/c20-14(12-3-1-2-4-16-12)19-9-7-18(8-10-19)13-11-15-5-6-17-13/h1-6,11H,7-10H2. The molecule has 0 aromatic carbocycles. The van der Waals surface area contributed by atoms with Crippen LogP contribution in [0.4, 0.5) is 5.82 Å². The fraction of sp³-hybridized carbons (Fsp3) is 0.286. The number of hydrogen-bond acceptors (Lipinski definition) is 5. The Morgan fingerprint density at radius 2 is 1.85 bits per heavy atom. The van der Waals surface area contributed by atoms with Crippen molar-refractivity contribution < 1.29 is 4.79 Å². The third kappa shape index (κ3) is 2.59. The number of carbonyl (C=O) groups excluding carboxylic acids is 1. The van der Waals surface area contributed by atoms with E-state index < -0.39 is 0 Å². The molecule has 1 aliphatic heterocycles. The Labute approximate surface area is 117 Å². The van der Waals surface area contributed by atoms with Gasteiger partial charge in [0.2, 0.25) is 0 Å². The number of carbonyl (C=O) groups is 1. The van der Waals surface area contributed by atoms with Crippen LogP contribution in [0, 0.1) is 0 Å². The van der Waals surface area contributed by atoms with Crippen LogP contribution in [0.25, 0.3) is 0 Å². The first-order valence-corrected chi connectivity index (χ1v) is 6.56. The van der Waals surface area contributed by atoms with Gasteiger partial charge in [-0.05, 0) is 12.1 Å². The second kappa shape index (κ2) is 5.64. The van der Waals surface area contributed by atoms with Gasteiger partial charge in [-0.3, -0.25) is 14.8 Å². The molecule has 6 heteroatoms. The minimum atomic E-state index is -0.00982. The molecular weight excluding hydrogens is 254 g/mol. The van der Waals surface area contributed by atoms with Crippen LogP contribution < -0.4 is 4.90 Å². The van der Waals surface area contributed by atoms with Crippen molar-refractivity contribution in [1.29, 1.82) is 0 Å². The van der Waals surface area contributed by atoms with Crippen LogP contribution in [0.3, 0.4) is 0 Å². The lowest BCUT2D eigenvalue weighted by atomic mass is 10.2. The first-order valence-electron chi connectivity index (χ1n) is 6.56. The summed E-state index contributed by atoms with van der Waals surface area (Å²) >= 11 is 0. The number of anilines is 1. The lowest BCUT2D eigenvalue weighted by molar-refractivity contribution is 0.0740. The number of piperazine rings is 1. The molecule has 102 valence electrons. The Morgan fingerprint density at radius 1 is 1.00 bits per heavy atom. The summed E-state index contributed by atoms with van der Waals surface area (Å²) in [5, 5.41) is 0. The molecule has 2 aromatic rings. The van der Waals surface area contributed by atoms with Crippen LogP contribution in [-0.2, 0) is 0 Å². The fourth-order valence-electron chi connectivity index (χ4n) is 2.24. The molecule has 0 spiro atoms. The van der Waals surface area contributed by atoms with E-state index in [1.807, 2.05) is 17.0 Å². The number of hydrogen-bond donors (Lipinski definition) is 0. The van der Waals surface area contributed by atoms with Gasteiger partial charge < -0.3 is 9.80 Å². The number of nitrogens with zero attached hydrogens (tertiary/aromatic N) is 5. The van der Waals surface area contributed by atoms with Gasteiger partial charge in [-0.25, -0.2) is 4.98 Å². The van der Waals surface area contributed by atoms with E-state index in [1.165, 1.54) is 0 Å². The van der Waals surface area contributed by atoms with E-state index >= 15 is 0 Å². The largest absolute Gasteiger partial charge is 0.352 e. The van der Waals surface area contributed by atoms with Crippen molar-refractivity contribution in [3.63, 3.8) is 0 Å². The van der Waals surface area contributed by atoms with Gasteiger partial charge in [0.15, 0.2) is 0 Å². The van der Waals surface area contributed by atoms with Gasteiger partial charge in [-0.1, -0.05) is 6.07 Å². The highest BCUT2D eigenvalue weighted by Gasteiger charge is 2.23. The molecule has 1 amide bonds. The fourth-order valence-corrected chi connectivity index (χ4v) is 2.24. The van der Waals surface area contributed by atoms with Gasteiger partial charge in [0.05, 0.1) is 6.20 Å². The molecule has 1 aliphatic rings. The second-order valence-corrected chi connectivity index (χ2v) is 4.56. The topological polar surface area (TPSA) is 62.2 Å². The van der Waals surface area contributed by atoms with Crippen molar-refractivity contribution in [2.75, 3.05) is 31.1 Å². The zero-order valence-corrected chi connectivity index (χ0v) is 11.0. The molecule has 0 aliphatic carbocycles. The quantitative estimate of drug-likeness (QED) is 0.808. The summed E-state index contributed by atoms with van der Waals surface area (Å²) < 4.78 is 0. The zero-order chi connectivity index (χ0) is 13.8. The maximum absolute atomic E-state index is 12.3. The summed E-state index contributed by atoms with van der Waals surface area (Å²) in [6, 6.07) is 5.39. The Hall–Kier alpha value is -2.50. The maximum atomic E-state index is 12.3. The highest BCUT2D eigenvalue weighted by atomic mass is 16.2. The molecule has 0 radical (unpaired) electrons. The maximum Gasteiger partial charge on any atom is 0.272 e. The van der Waals surface area contributed by atoms with E-state index in [-0.39, 0.29) is 5.91 Å². The van der Waals surface area contributed by atoms with Crippen LogP contribution >= 0.6 is 0 Å². The summed E-state index contributed by atoms with van der Waals surface area (Å²) in [5.74, 6) is 0.849. The van der Waals surface area contributed by atoms with E-state index in [4.69, 9.17) is 0 Å². The number of aromatic nitrogens is 3. The molecule has 3 heterocycles. The lowest BCUT2D eigenvalue weighted by Gasteiger charge is -2.35. The monoisotopic (exact) mass is 269 g/mol. The molecule has 0 unspecified atom stereocenters. The lowest BCUT2D eigenvalue weighted by Crippen LogP contribution is -2.49. The minimum absolute atomic E-state index is 0.00982. The van der Waals surface area contributed by atoms with Crippen molar-refractivity contribution in [2.24, 2.45) is 0 Å². The predicted octanol–water partition coefficient (Wildman–Crippen LogP) is 0.834. The molecule has 0 bridgehead atoms. The van der Waals surface area contributed by atoms with Crippen molar-refractivity contribution in [3.05, 3.63) is 48.7 Å². The Balaban J connectivity index is 1.63. The molecule has 3 rings (SSSR count). The van der Waals surface area contributed by atoms with E-state index in [2.05, 4.69) is 19.9 Å². The van der Waals surface area contributed by atoms with Crippen LogP contribution in [0.1, 0.15) is 10.5 Å². The van der Waals surface area contributed by atoms with Gasteiger partial charge >= 0.3 is 0 Å². The Morgan fingerprint density at radius 3 is 2.50 bits per heavy atom. The molecule has 0 N–H and O–H groups in total. The predicted molar refractivity (Wildman–Crippen MR) is 74.4 cm³/mol. The second-order valence-electron chi connectivity index (χ2n) is 4.56. The molecule has 0 saturated carbocycles. The molecule has 1 saturated heterocycles. The summed E-state index contributed by atoms with van der Waals surface area (Å²) in [5.41, 5.74) is 0.500. The summed E-state index contributed by atoms with van der Waals surface area (Å²) in [6.45, 7) is 2.87. The molecule has 2 aromatic heterocycles. The highest BCUT2D eigenvalue weighted by Crippen LogP contribution is 2.12. The van der Waals surface area contributed by atoms with E-state index in [9.17, 15) is 4.79 Å². The van der Waals surface area contributed by atoms with Crippen molar-refractivity contribution in [1.82, 2.24) is 19.9 Å². The summed E-state index contributed by atoms with van der Waals surface area (Å²) in [7, 11) is 0. The Bertz CT molecular complexity index is 567. The van der Waals surface area contributed by atoms with Crippen molar-refractivity contribution in [3.8, 4) is 0 Å². The van der Waals surface area contributed by atoms with Crippen LogP contribution in [0.5, 0.6) is 0 Å².